The van der Waals surface area contributed by atoms with E-state index in [0.717, 1.165) is 11.4 Å². The number of rotatable bonds is 3. The van der Waals surface area contributed by atoms with Crippen molar-refractivity contribution < 1.29 is 9.47 Å². The lowest BCUT2D eigenvalue weighted by molar-refractivity contribution is 0.174. The first-order valence-electron chi connectivity index (χ1n) is 5.59. The number of aromatic nitrogens is 2. The Hall–Kier alpha value is -1.88. The van der Waals surface area contributed by atoms with E-state index >= 15 is 0 Å². The largest absolute Gasteiger partial charge is 0.454 e. The smallest absolute Gasteiger partial charge is 0.231 e. The number of nitrogens with zero attached hydrogens (tertiary/aromatic N) is 1. The molecule has 2 aromatic rings. The molecule has 2 N–H and O–H groups in total. The van der Waals surface area contributed by atoms with Gasteiger partial charge in [-0.2, -0.15) is 5.10 Å². The number of benzene rings is 1. The second kappa shape index (κ2) is 4.42. The average Bonchev–Trinajstić information content (AvgIpc) is 2.98. The second-order valence-corrected chi connectivity index (χ2v) is 4.47. The summed E-state index contributed by atoms with van der Waals surface area (Å²) in [6.07, 6.45) is 1.72. The van der Waals surface area contributed by atoms with Crippen LogP contribution in [0.1, 0.15) is 18.7 Å². The molecule has 18 heavy (non-hydrogen) atoms. The summed E-state index contributed by atoms with van der Waals surface area (Å²) in [5.74, 6) is 1.39. The van der Waals surface area contributed by atoms with Crippen LogP contribution < -0.4 is 14.8 Å². The SMILES string of the molecule is CC(Nc1cc2c(cc1Cl)OCO2)c1ccn[nH]1. The highest BCUT2D eigenvalue weighted by Gasteiger charge is 2.17. The Bertz CT molecular complexity index is 557. The summed E-state index contributed by atoms with van der Waals surface area (Å²) in [5, 5.41) is 10.7. The monoisotopic (exact) mass is 265 g/mol. The zero-order valence-corrected chi connectivity index (χ0v) is 10.5. The van der Waals surface area contributed by atoms with Crippen LogP contribution in [0, 0.1) is 0 Å². The number of aromatic amines is 1. The minimum Gasteiger partial charge on any atom is -0.454 e. The maximum atomic E-state index is 6.19. The van der Waals surface area contributed by atoms with Crippen LogP contribution in [-0.4, -0.2) is 17.0 Å². The van der Waals surface area contributed by atoms with Crippen molar-refractivity contribution in [1.29, 1.82) is 0 Å². The normalized spacial score (nSPS) is 14.6. The molecular formula is C12H12ClN3O2. The lowest BCUT2D eigenvalue weighted by atomic mass is 10.2. The van der Waals surface area contributed by atoms with Gasteiger partial charge in [-0.05, 0) is 13.0 Å². The van der Waals surface area contributed by atoms with Crippen molar-refractivity contribution in [3.8, 4) is 11.5 Å². The Kier molecular flexibility index (Phi) is 2.76. The lowest BCUT2D eigenvalue weighted by Crippen LogP contribution is -2.07. The Morgan fingerprint density at radius 3 is 2.89 bits per heavy atom. The number of H-pyrrole nitrogens is 1. The van der Waals surface area contributed by atoms with Crippen LogP contribution in [0.3, 0.4) is 0 Å². The van der Waals surface area contributed by atoms with E-state index in [2.05, 4.69) is 15.5 Å². The Morgan fingerprint density at radius 2 is 2.17 bits per heavy atom. The predicted octanol–water partition coefficient (Wildman–Crippen LogP) is 2.96. The van der Waals surface area contributed by atoms with Gasteiger partial charge in [0, 0.05) is 18.3 Å². The van der Waals surface area contributed by atoms with Gasteiger partial charge in [0.2, 0.25) is 6.79 Å². The van der Waals surface area contributed by atoms with Gasteiger partial charge in [0.15, 0.2) is 11.5 Å². The van der Waals surface area contributed by atoms with Crippen LogP contribution in [0.5, 0.6) is 11.5 Å². The molecule has 2 heterocycles. The van der Waals surface area contributed by atoms with Gasteiger partial charge in [-0.3, -0.25) is 5.10 Å². The molecule has 1 aromatic carbocycles. The summed E-state index contributed by atoms with van der Waals surface area (Å²) >= 11 is 6.19. The highest BCUT2D eigenvalue weighted by Crippen LogP contribution is 2.40. The summed E-state index contributed by atoms with van der Waals surface area (Å²) in [5.41, 5.74) is 1.80. The molecule has 1 aliphatic heterocycles. The van der Waals surface area contributed by atoms with Crippen molar-refractivity contribution in [2.75, 3.05) is 12.1 Å². The third-order valence-corrected chi connectivity index (χ3v) is 3.14. The predicted molar refractivity (Wildman–Crippen MR) is 68.2 cm³/mol. The van der Waals surface area contributed by atoms with E-state index in [1.165, 1.54) is 0 Å². The zero-order valence-electron chi connectivity index (χ0n) is 9.74. The van der Waals surface area contributed by atoms with E-state index in [9.17, 15) is 0 Å². The topological polar surface area (TPSA) is 59.2 Å². The van der Waals surface area contributed by atoms with Crippen molar-refractivity contribution in [2.24, 2.45) is 0 Å². The molecule has 1 atom stereocenters. The minimum absolute atomic E-state index is 0.0744. The second-order valence-electron chi connectivity index (χ2n) is 4.06. The molecule has 1 aromatic heterocycles. The molecule has 0 amide bonds. The van der Waals surface area contributed by atoms with E-state index in [1.807, 2.05) is 19.1 Å². The van der Waals surface area contributed by atoms with Crippen LogP contribution >= 0.6 is 11.6 Å². The molecule has 5 nitrogen and oxygen atoms in total. The average molecular weight is 266 g/mol. The first-order valence-corrected chi connectivity index (χ1v) is 5.97. The molecule has 6 heteroatoms. The van der Waals surface area contributed by atoms with Gasteiger partial charge in [-0.1, -0.05) is 11.6 Å². The van der Waals surface area contributed by atoms with Crippen LogP contribution in [-0.2, 0) is 0 Å². The van der Waals surface area contributed by atoms with E-state index in [1.54, 1.807) is 12.3 Å². The first kappa shape index (κ1) is 11.2. The molecular weight excluding hydrogens is 254 g/mol. The number of anilines is 1. The molecule has 0 saturated heterocycles. The Balaban J connectivity index is 1.85. The Labute approximate surface area is 109 Å². The summed E-state index contributed by atoms with van der Waals surface area (Å²) < 4.78 is 10.6. The molecule has 0 spiro atoms. The van der Waals surface area contributed by atoms with Crippen molar-refractivity contribution in [2.45, 2.75) is 13.0 Å². The molecule has 0 fully saturated rings. The van der Waals surface area contributed by atoms with Gasteiger partial charge in [0.1, 0.15) is 0 Å². The lowest BCUT2D eigenvalue weighted by Gasteiger charge is -2.15. The van der Waals surface area contributed by atoms with Gasteiger partial charge in [-0.25, -0.2) is 0 Å². The van der Waals surface area contributed by atoms with Crippen molar-refractivity contribution >= 4 is 17.3 Å². The van der Waals surface area contributed by atoms with Crippen LogP contribution in [0.4, 0.5) is 5.69 Å². The summed E-state index contributed by atoms with van der Waals surface area (Å²) in [6.45, 7) is 2.26. The summed E-state index contributed by atoms with van der Waals surface area (Å²) in [7, 11) is 0. The van der Waals surface area contributed by atoms with E-state index in [-0.39, 0.29) is 12.8 Å². The molecule has 94 valence electrons. The fourth-order valence-corrected chi connectivity index (χ4v) is 2.05. The standard InChI is InChI=1S/C12H12ClN3O2/c1-7(9-2-3-14-16-9)15-10-5-12-11(4-8(10)13)17-6-18-12/h2-5,7,15H,6H2,1H3,(H,14,16). The maximum absolute atomic E-state index is 6.19. The van der Waals surface area contributed by atoms with E-state index < -0.39 is 0 Å². The van der Waals surface area contributed by atoms with Gasteiger partial charge in [0.25, 0.3) is 0 Å². The number of hydrogen-bond acceptors (Lipinski definition) is 4. The molecule has 0 aliphatic carbocycles. The van der Waals surface area contributed by atoms with Crippen LogP contribution in [0.15, 0.2) is 24.4 Å². The van der Waals surface area contributed by atoms with Crippen molar-refractivity contribution in [3.63, 3.8) is 0 Å². The minimum atomic E-state index is 0.0744. The van der Waals surface area contributed by atoms with Gasteiger partial charge < -0.3 is 14.8 Å². The molecule has 0 radical (unpaired) electrons. The number of ether oxygens (including phenoxy) is 2. The highest BCUT2D eigenvalue weighted by atomic mass is 35.5. The van der Waals surface area contributed by atoms with Crippen molar-refractivity contribution in [1.82, 2.24) is 10.2 Å². The fraction of sp³-hybridized carbons (Fsp3) is 0.250. The number of halogens is 1. The van der Waals surface area contributed by atoms with Crippen molar-refractivity contribution in [3.05, 3.63) is 35.1 Å². The molecule has 0 bridgehead atoms. The highest BCUT2D eigenvalue weighted by molar-refractivity contribution is 6.33. The summed E-state index contributed by atoms with van der Waals surface area (Å²) in [6, 6.07) is 5.59. The van der Waals surface area contributed by atoms with Gasteiger partial charge in [-0.15, -0.1) is 0 Å². The van der Waals surface area contributed by atoms with Crippen LogP contribution in [0.2, 0.25) is 5.02 Å². The van der Waals surface area contributed by atoms with Crippen LogP contribution in [0.25, 0.3) is 0 Å². The number of nitrogens with one attached hydrogen (secondary N) is 2. The first-order chi connectivity index (χ1) is 8.74. The maximum Gasteiger partial charge on any atom is 0.231 e. The molecule has 1 unspecified atom stereocenters. The third-order valence-electron chi connectivity index (χ3n) is 2.82. The molecule has 1 aliphatic rings. The van der Waals surface area contributed by atoms with Gasteiger partial charge in [0.05, 0.1) is 22.4 Å². The Morgan fingerprint density at radius 1 is 1.39 bits per heavy atom. The summed E-state index contributed by atoms with van der Waals surface area (Å²) in [4.78, 5) is 0. The quantitative estimate of drug-likeness (QED) is 0.896. The molecule has 3 rings (SSSR count). The third kappa shape index (κ3) is 1.97. The fourth-order valence-electron chi connectivity index (χ4n) is 1.85. The zero-order chi connectivity index (χ0) is 12.5. The van der Waals surface area contributed by atoms with E-state index in [4.69, 9.17) is 21.1 Å². The van der Waals surface area contributed by atoms with E-state index in [0.29, 0.717) is 16.5 Å². The number of fused-ring (bicyclic) bond motifs is 1. The molecule has 0 saturated carbocycles. The number of hydrogen-bond donors (Lipinski definition) is 2. The van der Waals surface area contributed by atoms with Gasteiger partial charge >= 0.3 is 0 Å².